The van der Waals surface area contributed by atoms with E-state index in [9.17, 15) is 9.59 Å². The lowest BCUT2D eigenvalue weighted by Gasteiger charge is -2.12. The minimum atomic E-state index is -1.16. The molecule has 1 amide bonds. The summed E-state index contributed by atoms with van der Waals surface area (Å²) in [5.74, 6) is 0.597. The number of nitrogens with one attached hydrogen (secondary N) is 1. The van der Waals surface area contributed by atoms with E-state index < -0.39 is 17.9 Å². The smallest absolute Gasteiger partial charge is 0.327 e. The fourth-order valence-corrected chi connectivity index (χ4v) is 1.86. The first kappa shape index (κ1) is 13.6. The molecule has 5 nitrogen and oxygen atoms in total. The second-order valence-electron chi connectivity index (χ2n) is 4.15. The number of aromatic nitrogens is 1. The molecule has 1 unspecified atom stereocenters. The molecule has 0 fully saturated rings. The minimum absolute atomic E-state index is 0.0654. The van der Waals surface area contributed by atoms with Crippen LogP contribution in [0, 0.1) is 12.3 Å². The molecule has 1 aromatic heterocycles. The van der Waals surface area contributed by atoms with Crippen LogP contribution in [0.4, 0.5) is 0 Å². The average Bonchev–Trinajstić information content (AvgIpc) is 2.46. The van der Waals surface area contributed by atoms with Gasteiger partial charge in [-0.15, -0.1) is 12.3 Å². The van der Waals surface area contributed by atoms with Crippen LogP contribution in [-0.2, 0) is 4.79 Å². The number of carbonyl (C=O) groups is 2. The Labute approximate surface area is 115 Å². The van der Waals surface area contributed by atoms with Gasteiger partial charge in [0.25, 0.3) is 5.91 Å². The van der Waals surface area contributed by atoms with Crippen molar-refractivity contribution in [3.63, 3.8) is 0 Å². The second kappa shape index (κ2) is 5.85. The van der Waals surface area contributed by atoms with E-state index in [0.29, 0.717) is 16.5 Å². The van der Waals surface area contributed by atoms with E-state index in [4.69, 9.17) is 11.5 Å². The van der Waals surface area contributed by atoms with Crippen LogP contribution in [0.15, 0.2) is 36.5 Å². The SMILES string of the molecule is C#CCC(NC(=O)c1cccc2ncccc12)C(=O)O. The van der Waals surface area contributed by atoms with Crippen molar-refractivity contribution >= 4 is 22.8 Å². The molecule has 1 heterocycles. The molecule has 0 aliphatic rings. The quantitative estimate of drug-likeness (QED) is 0.822. The number of pyridine rings is 1. The summed E-state index contributed by atoms with van der Waals surface area (Å²) in [6, 6.07) is 7.47. The standard InChI is InChI=1S/C15H12N2O3/c1-2-5-13(15(19)20)17-14(18)11-6-3-8-12-10(11)7-4-9-16-12/h1,3-4,6-9,13H,5H2,(H,17,18)(H,19,20). The maximum Gasteiger partial charge on any atom is 0.327 e. The van der Waals surface area contributed by atoms with Crippen LogP contribution in [-0.4, -0.2) is 28.0 Å². The average molecular weight is 268 g/mol. The normalized spacial score (nSPS) is 11.6. The first-order valence-electron chi connectivity index (χ1n) is 5.94. The number of aliphatic carboxylic acids is 1. The van der Waals surface area contributed by atoms with Gasteiger partial charge < -0.3 is 10.4 Å². The van der Waals surface area contributed by atoms with E-state index in [0.717, 1.165) is 0 Å². The van der Waals surface area contributed by atoms with Crippen LogP contribution in [0.25, 0.3) is 10.9 Å². The Morgan fingerprint density at radius 2 is 2.15 bits per heavy atom. The molecular formula is C15H12N2O3. The number of nitrogens with zero attached hydrogens (tertiary/aromatic N) is 1. The zero-order chi connectivity index (χ0) is 14.5. The summed E-state index contributed by atoms with van der Waals surface area (Å²) < 4.78 is 0. The molecule has 0 saturated carbocycles. The molecule has 0 spiro atoms. The summed E-state index contributed by atoms with van der Waals surface area (Å²) in [5, 5.41) is 12.1. The molecule has 20 heavy (non-hydrogen) atoms. The Hall–Kier alpha value is -2.87. The van der Waals surface area contributed by atoms with Gasteiger partial charge in [0.2, 0.25) is 0 Å². The lowest BCUT2D eigenvalue weighted by atomic mass is 10.1. The highest BCUT2D eigenvalue weighted by Gasteiger charge is 2.20. The minimum Gasteiger partial charge on any atom is -0.480 e. The Balaban J connectivity index is 2.32. The monoisotopic (exact) mass is 268 g/mol. The van der Waals surface area contributed by atoms with Crippen molar-refractivity contribution in [1.82, 2.24) is 10.3 Å². The third-order valence-electron chi connectivity index (χ3n) is 2.82. The fraction of sp³-hybridized carbons (Fsp3) is 0.133. The number of carboxylic acids is 1. The second-order valence-corrected chi connectivity index (χ2v) is 4.15. The zero-order valence-corrected chi connectivity index (χ0v) is 10.5. The summed E-state index contributed by atoms with van der Waals surface area (Å²) in [7, 11) is 0. The molecule has 0 aliphatic carbocycles. The summed E-state index contributed by atoms with van der Waals surface area (Å²) in [4.78, 5) is 27.3. The predicted octanol–water partition coefficient (Wildman–Crippen LogP) is 1.44. The van der Waals surface area contributed by atoms with Gasteiger partial charge >= 0.3 is 5.97 Å². The van der Waals surface area contributed by atoms with Crippen LogP contribution < -0.4 is 5.32 Å². The number of carboxylic acid groups (broad SMARTS) is 1. The number of fused-ring (bicyclic) bond motifs is 1. The fourth-order valence-electron chi connectivity index (χ4n) is 1.86. The molecule has 0 radical (unpaired) electrons. The van der Waals surface area contributed by atoms with Gasteiger partial charge in [-0.3, -0.25) is 9.78 Å². The van der Waals surface area contributed by atoms with Crippen molar-refractivity contribution in [1.29, 1.82) is 0 Å². The summed E-state index contributed by atoms with van der Waals surface area (Å²) in [6.07, 6.45) is 6.66. The molecule has 0 saturated heterocycles. The number of terminal acetylenes is 1. The van der Waals surface area contributed by atoms with Crippen LogP contribution in [0.3, 0.4) is 0 Å². The van der Waals surface area contributed by atoms with E-state index in [-0.39, 0.29) is 6.42 Å². The molecule has 0 aliphatic heterocycles. The highest BCUT2D eigenvalue weighted by Crippen LogP contribution is 2.16. The van der Waals surface area contributed by atoms with Gasteiger partial charge in [0.05, 0.1) is 5.52 Å². The van der Waals surface area contributed by atoms with E-state index in [1.165, 1.54) is 0 Å². The van der Waals surface area contributed by atoms with Crippen molar-refractivity contribution < 1.29 is 14.7 Å². The first-order chi connectivity index (χ1) is 9.63. The van der Waals surface area contributed by atoms with Gasteiger partial charge in [0, 0.05) is 23.6 Å². The topological polar surface area (TPSA) is 79.3 Å². The Kier molecular flexibility index (Phi) is 3.96. The summed E-state index contributed by atoms with van der Waals surface area (Å²) in [5.41, 5.74) is 1.04. The zero-order valence-electron chi connectivity index (χ0n) is 10.5. The maximum atomic E-state index is 12.2. The van der Waals surface area contributed by atoms with Crippen LogP contribution in [0.2, 0.25) is 0 Å². The van der Waals surface area contributed by atoms with E-state index in [1.807, 2.05) is 0 Å². The molecule has 5 heteroatoms. The Morgan fingerprint density at radius 1 is 1.35 bits per heavy atom. The first-order valence-corrected chi connectivity index (χ1v) is 5.94. The number of hydrogen-bond acceptors (Lipinski definition) is 3. The highest BCUT2D eigenvalue weighted by atomic mass is 16.4. The van der Waals surface area contributed by atoms with Crippen molar-refractivity contribution in [3.8, 4) is 12.3 Å². The number of carbonyl (C=O) groups excluding carboxylic acids is 1. The third kappa shape index (κ3) is 2.75. The molecular weight excluding hydrogens is 256 g/mol. The number of rotatable bonds is 4. The van der Waals surface area contributed by atoms with Crippen LogP contribution in [0.1, 0.15) is 16.8 Å². The molecule has 2 rings (SSSR count). The van der Waals surface area contributed by atoms with Gasteiger partial charge in [-0.25, -0.2) is 4.79 Å². The lowest BCUT2D eigenvalue weighted by Crippen LogP contribution is -2.40. The van der Waals surface area contributed by atoms with Gasteiger partial charge in [-0.05, 0) is 18.2 Å². The maximum absolute atomic E-state index is 12.2. The molecule has 0 bridgehead atoms. The van der Waals surface area contributed by atoms with Crippen molar-refractivity contribution in [2.75, 3.05) is 0 Å². The molecule has 1 aromatic carbocycles. The van der Waals surface area contributed by atoms with Gasteiger partial charge in [-0.2, -0.15) is 0 Å². The van der Waals surface area contributed by atoms with Crippen LogP contribution >= 0.6 is 0 Å². The summed E-state index contributed by atoms with van der Waals surface area (Å²) >= 11 is 0. The number of amides is 1. The predicted molar refractivity (Wildman–Crippen MR) is 74.1 cm³/mol. The van der Waals surface area contributed by atoms with Gasteiger partial charge in [-0.1, -0.05) is 12.1 Å². The number of hydrogen-bond donors (Lipinski definition) is 2. The molecule has 2 N–H and O–H groups in total. The van der Waals surface area contributed by atoms with Crippen molar-refractivity contribution in [2.45, 2.75) is 12.5 Å². The van der Waals surface area contributed by atoms with Gasteiger partial charge in [0.1, 0.15) is 6.04 Å². The Bertz CT molecular complexity index is 698. The van der Waals surface area contributed by atoms with Crippen molar-refractivity contribution in [2.24, 2.45) is 0 Å². The largest absolute Gasteiger partial charge is 0.480 e. The molecule has 1 atom stereocenters. The molecule has 2 aromatic rings. The number of benzene rings is 1. The molecule has 100 valence electrons. The van der Waals surface area contributed by atoms with E-state index in [2.05, 4.69) is 16.2 Å². The highest BCUT2D eigenvalue weighted by molar-refractivity contribution is 6.07. The third-order valence-corrected chi connectivity index (χ3v) is 2.82. The van der Waals surface area contributed by atoms with Gasteiger partial charge in [0.15, 0.2) is 0 Å². The van der Waals surface area contributed by atoms with Crippen LogP contribution in [0.5, 0.6) is 0 Å². The van der Waals surface area contributed by atoms with E-state index in [1.54, 1.807) is 36.5 Å². The van der Waals surface area contributed by atoms with Crippen molar-refractivity contribution in [3.05, 3.63) is 42.1 Å². The summed E-state index contributed by atoms with van der Waals surface area (Å²) in [6.45, 7) is 0. The van der Waals surface area contributed by atoms with E-state index >= 15 is 0 Å². The Morgan fingerprint density at radius 3 is 2.85 bits per heavy atom. The lowest BCUT2D eigenvalue weighted by molar-refractivity contribution is -0.139.